The van der Waals surface area contributed by atoms with Crippen molar-refractivity contribution < 1.29 is 13.9 Å². The molecule has 128 valence electrons. The van der Waals surface area contributed by atoms with Crippen LogP contribution in [0.4, 0.5) is 4.39 Å². The average molecular weight is 338 g/mol. The van der Waals surface area contributed by atoms with E-state index in [4.69, 9.17) is 4.74 Å². The van der Waals surface area contributed by atoms with Crippen molar-refractivity contribution in [2.24, 2.45) is 0 Å². The molecule has 0 fully saturated rings. The Labute approximate surface area is 145 Å². The summed E-state index contributed by atoms with van der Waals surface area (Å²) in [6.07, 6.45) is 2.37. The number of aryl methyl sites for hydroxylation is 1. The van der Waals surface area contributed by atoms with E-state index in [-0.39, 0.29) is 11.7 Å². The normalized spacial score (nSPS) is 10.6. The molecule has 2 aromatic carbocycles. The molecule has 1 aromatic heterocycles. The maximum absolute atomic E-state index is 13.5. The van der Waals surface area contributed by atoms with Gasteiger partial charge in [-0.1, -0.05) is 24.3 Å². The van der Waals surface area contributed by atoms with Crippen LogP contribution in [-0.2, 0) is 0 Å². The Bertz CT molecular complexity index is 891. The highest BCUT2D eigenvalue weighted by molar-refractivity contribution is 5.94. The van der Waals surface area contributed by atoms with E-state index in [1.54, 1.807) is 25.3 Å². The Balaban J connectivity index is 1.48. The number of halogens is 1. The van der Waals surface area contributed by atoms with Crippen LogP contribution >= 0.6 is 0 Å². The molecule has 0 unspecified atom stereocenters. The number of para-hydroxylation sites is 1. The van der Waals surface area contributed by atoms with Crippen molar-refractivity contribution in [2.45, 2.75) is 13.3 Å². The third-order valence-corrected chi connectivity index (χ3v) is 3.89. The van der Waals surface area contributed by atoms with Crippen LogP contribution in [0.3, 0.4) is 0 Å². The van der Waals surface area contributed by atoms with Crippen molar-refractivity contribution in [3.63, 3.8) is 0 Å². The molecule has 3 rings (SSSR count). The van der Waals surface area contributed by atoms with Gasteiger partial charge in [0.25, 0.3) is 5.91 Å². The number of hydrogen-bond donors (Lipinski definition) is 1. The number of carbonyl (C=O) groups is 1. The van der Waals surface area contributed by atoms with E-state index in [1.807, 2.05) is 30.3 Å². The molecule has 0 atom stereocenters. The Kier molecular flexibility index (Phi) is 5.23. The lowest BCUT2D eigenvalue weighted by atomic mass is 10.1. The predicted octanol–water partition coefficient (Wildman–Crippen LogP) is 3.88. The molecule has 0 aliphatic rings. The molecule has 1 N–H and O–H groups in total. The predicted molar refractivity (Wildman–Crippen MR) is 95.3 cm³/mol. The molecule has 0 spiro atoms. The van der Waals surface area contributed by atoms with Crippen molar-refractivity contribution in [3.8, 4) is 5.75 Å². The second kappa shape index (κ2) is 7.75. The fourth-order valence-corrected chi connectivity index (χ4v) is 2.49. The minimum atomic E-state index is -0.376. The number of carbonyl (C=O) groups excluding carboxylic acids is 1. The fraction of sp³-hybridized carbons (Fsp3) is 0.200. The fourth-order valence-electron chi connectivity index (χ4n) is 2.49. The first-order valence-electron chi connectivity index (χ1n) is 8.16. The Morgan fingerprint density at radius 1 is 1.20 bits per heavy atom. The first-order chi connectivity index (χ1) is 12.1. The number of nitrogens with zero attached hydrogens (tertiary/aromatic N) is 1. The Morgan fingerprint density at radius 3 is 2.88 bits per heavy atom. The first-order valence-corrected chi connectivity index (χ1v) is 8.16. The van der Waals surface area contributed by atoms with Crippen molar-refractivity contribution in [3.05, 3.63) is 71.7 Å². The van der Waals surface area contributed by atoms with Crippen LogP contribution in [0.5, 0.6) is 5.75 Å². The van der Waals surface area contributed by atoms with E-state index in [9.17, 15) is 9.18 Å². The van der Waals surface area contributed by atoms with E-state index >= 15 is 0 Å². The van der Waals surface area contributed by atoms with Crippen LogP contribution in [0, 0.1) is 12.7 Å². The zero-order valence-electron chi connectivity index (χ0n) is 14.0. The van der Waals surface area contributed by atoms with Gasteiger partial charge in [-0.3, -0.25) is 9.78 Å². The van der Waals surface area contributed by atoms with Gasteiger partial charge in [0, 0.05) is 23.7 Å². The van der Waals surface area contributed by atoms with Crippen LogP contribution in [0.25, 0.3) is 10.9 Å². The van der Waals surface area contributed by atoms with Gasteiger partial charge in [-0.25, -0.2) is 4.39 Å². The number of ether oxygens (including phenoxy) is 1. The van der Waals surface area contributed by atoms with Gasteiger partial charge in [-0.2, -0.15) is 0 Å². The zero-order valence-corrected chi connectivity index (χ0v) is 14.0. The molecule has 0 aliphatic heterocycles. The van der Waals surface area contributed by atoms with Gasteiger partial charge in [0.05, 0.1) is 6.61 Å². The molecule has 0 saturated carbocycles. The van der Waals surface area contributed by atoms with Crippen LogP contribution in [0.2, 0.25) is 0 Å². The average Bonchev–Trinajstić information content (AvgIpc) is 2.63. The minimum Gasteiger partial charge on any atom is -0.491 e. The largest absolute Gasteiger partial charge is 0.491 e. The summed E-state index contributed by atoms with van der Waals surface area (Å²) in [6.45, 7) is 2.57. The molecule has 1 amide bonds. The summed E-state index contributed by atoms with van der Waals surface area (Å²) >= 11 is 0. The van der Waals surface area contributed by atoms with E-state index < -0.39 is 0 Å². The number of rotatable bonds is 6. The molecule has 0 radical (unpaired) electrons. The molecule has 5 heteroatoms. The third-order valence-electron chi connectivity index (χ3n) is 3.89. The van der Waals surface area contributed by atoms with Gasteiger partial charge in [0.1, 0.15) is 17.1 Å². The zero-order chi connectivity index (χ0) is 17.6. The van der Waals surface area contributed by atoms with E-state index in [1.165, 1.54) is 6.07 Å². The lowest BCUT2D eigenvalue weighted by molar-refractivity contribution is 0.0951. The number of nitrogens with one attached hydrogen (secondary N) is 1. The SMILES string of the molecule is Cc1ccc(C(=O)NCCCOc2cccc3cccnc23)cc1F. The molecule has 0 bridgehead atoms. The maximum Gasteiger partial charge on any atom is 0.251 e. The van der Waals surface area contributed by atoms with Crippen molar-refractivity contribution in [2.75, 3.05) is 13.2 Å². The summed E-state index contributed by atoms with van der Waals surface area (Å²) in [6, 6.07) is 14.1. The number of amides is 1. The van der Waals surface area contributed by atoms with Gasteiger partial charge in [0.2, 0.25) is 0 Å². The summed E-state index contributed by atoms with van der Waals surface area (Å²) < 4.78 is 19.3. The van der Waals surface area contributed by atoms with Crippen molar-refractivity contribution in [1.82, 2.24) is 10.3 Å². The standard InChI is InChI=1S/C20H19FN2O2/c1-14-8-9-16(13-17(14)21)20(24)23-11-4-12-25-18-7-2-5-15-6-3-10-22-19(15)18/h2-3,5-10,13H,4,11-12H2,1H3,(H,23,24). The summed E-state index contributed by atoms with van der Waals surface area (Å²) in [5.74, 6) is 0.0650. The van der Waals surface area contributed by atoms with Gasteiger partial charge >= 0.3 is 0 Å². The maximum atomic E-state index is 13.5. The highest BCUT2D eigenvalue weighted by atomic mass is 19.1. The highest BCUT2D eigenvalue weighted by Crippen LogP contribution is 2.22. The topological polar surface area (TPSA) is 51.2 Å². The molecular weight excluding hydrogens is 319 g/mol. The van der Waals surface area contributed by atoms with Crippen LogP contribution in [0.15, 0.2) is 54.7 Å². The quantitative estimate of drug-likeness (QED) is 0.694. The Morgan fingerprint density at radius 2 is 2.04 bits per heavy atom. The van der Waals surface area contributed by atoms with Gasteiger partial charge in [-0.15, -0.1) is 0 Å². The summed E-state index contributed by atoms with van der Waals surface area (Å²) in [7, 11) is 0. The molecule has 1 heterocycles. The lowest BCUT2D eigenvalue weighted by Crippen LogP contribution is -2.25. The van der Waals surface area contributed by atoms with Crippen LogP contribution < -0.4 is 10.1 Å². The number of pyridine rings is 1. The van der Waals surface area contributed by atoms with E-state index in [0.29, 0.717) is 30.7 Å². The molecule has 0 saturated heterocycles. The van der Waals surface area contributed by atoms with Crippen LogP contribution in [-0.4, -0.2) is 24.0 Å². The summed E-state index contributed by atoms with van der Waals surface area (Å²) in [5, 5.41) is 3.79. The monoisotopic (exact) mass is 338 g/mol. The molecule has 25 heavy (non-hydrogen) atoms. The van der Waals surface area contributed by atoms with Gasteiger partial charge in [-0.05, 0) is 43.2 Å². The third kappa shape index (κ3) is 4.12. The van der Waals surface area contributed by atoms with Gasteiger partial charge in [0.15, 0.2) is 0 Å². The molecule has 0 aliphatic carbocycles. The summed E-state index contributed by atoms with van der Waals surface area (Å²) in [4.78, 5) is 16.3. The van der Waals surface area contributed by atoms with E-state index in [0.717, 1.165) is 16.7 Å². The summed E-state index contributed by atoms with van der Waals surface area (Å²) in [5.41, 5.74) is 1.67. The number of hydrogen-bond acceptors (Lipinski definition) is 3. The number of fused-ring (bicyclic) bond motifs is 1. The van der Waals surface area contributed by atoms with E-state index in [2.05, 4.69) is 10.3 Å². The number of benzene rings is 2. The second-order valence-corrected chi connectivity index (χ2v) is 5.75. The van der Waals surface area contributed by atoms with Crippen molar-refractivity contribution >= 4 is 16.8 Å². The first kappa shape index (κ1) is 16.9. The second-order valence-electron chi connectivity index (χ2n) is 5.75. The minimum absolute atomic E-state index is 0.286. The van der Waals surface area contributed by atoms with Gasteiger partial charge < -0.3 is 10.1 Å². The lowest BCUT2D eigenvalue weighted by Gasteiger charge is -2.09. The number of aromatic nitrogens is 1. The van der Waals surface area contributed by atoms with Crippen molar-refractivity contribution in [1.29, 1.82) is 0 Å². The smallest absolute Gasteiger partial charge is 0.251 e. The molecule has 3 aromatic rings. The molecular formula is C20H19FN2O2. The van der Waals surface area contributed by atoms with Crippen LogP contribution in [0.1, 0.15) is 22.3 Å². The Hall–Kier alpha value is -2.95. The highest BCUT2D eigenvalue weighted by Gasteiger charge is 2.07. The molecule has 4 nitrogen and oxygen atoms in total.